The van der Waals surface area contributed by atoms with Crippen molar-refractivity contribution in [3.63, 3.8) is 0 Å². The summed E-state index contributed by atoms with van der Waals surface area (Å²) in [4.78, 5) is 0. The summed E-state index contributed by atoms with van der Waals surface area (Å²) >= 11 is 1.60. The fourth-order valence-corrected chi connectivity index (χ4v) is 3.26. The Morgan fingerprint density at radius 2 is 2.31 bits per heavy atom. The lowest BCUT2D eigenvalue weighted by atomic mass is 9.98. The molecule has 0 aliphatic carbocycles. The average Bonchev–Trinajstić information content (AvgIpc) is 2.31. The molecule has 2 rings (SSSR count). The Labute approximate surface area is 98.8 Å². The van der Waals surface area contributed by atoms with E-state index in [0.29, 0.717) is 16.9 Å². The monoisotopic (exact) mass is 242 g/mol. The van der Waals surface area contributed by atoms with E-state index in [1.54, 1.807) is 23.9 Å². The molecule has 0 fully saturated rings. The maximum Gasteiger partial charge on any atom is 0.169 e. The van der Waals surface area contributed by atoms with Crippen LogP contribution in [0.2, 0.25) is 0 Å². The van der Waals surface area contributed by atoms with Crippen molar-refractivity contribution in [3.8, 4) is 5.75 Å². The number of aliphatic hydroxyl groups is 1. The zero-order chi connectivity index (χ0) is 11.7. The van der Waals surface area contributed by atoms with Crippen molar-refractivity contribution >= 4 is 11.8 Å². The van der Waals surface area contributed by atoms with Crippen molar-refractivity contribution < 1.29 is 14.2 Å². The molecule has 2 unspecified atom stereocenters. The first-order valence-corrected chi connectivity index (χ1v) is 6.38. The second-order valence-electron chi connectivity index (χ2n) is 3.85. The molecule has 2 nitrogen and oxygen atoms in total. The molecule has 0 saturated carbocycles. The van der Waals surface area contributed by atoms with Gasteiger partial charge in [0.15, 0.2) is 11.6 Å². The summed E-state index contributed by atoms with van der Waals surface area (Å²) in [6.45, 7) is 2.03. The summed E-state index contributed by atoms with van der Waals surface area (Å²) in [5.41, 5.74) is 1.30. The van der Waals surface area contributed by atoms with Crippen molar-refractivity contribution in [2.45, 2.75) is 30.5 Å². The fraction of sp³-hybridized carbons (Fsp3) is 0.500. The number of aliphatic hydroxyl groups excluding tert-OH is 1. The third kappa shape index (κ3) is 1.80. The van der Waals surface area contributed by atoms with Crippen LogP contribution in [0.15, 0.2) is 12.1 Å². The van der Waals surface area contributed by atoms with E-state index in [-0.39, 0.29) is 16.8 Å². The first-order chi connectivity index (χ1) is 7.69. The van der Waals surface area contributed by atoms with E-state index in [0.717, 1.165) is 6.42 Å². The van der Waals surface area contributed by atoms with Crippen molar-refractivity contribution in [2.24, 2.45) is 0 Å². The van der Waals surface area contributed by atoms with Gasteiger partial charge >= 0.3 is 0 Å². The lowest BCUT2D eigenvalue weighted by molar-refractivity contribution is 0.169. The van der Waals surface area contributed by atoms with Crippen LogP contribution in [0, 0.1) is 5.82 Å². The van der Waals surface area contributed by atoms with E-state index in [1.807, 2.05) is 6.92 Å². The largest absolute Gasteiger partial charge is 0.494 e. The minimum Gasteiger partial charge on any atom is -0.494 e. The summed E-state index contributed by atoms with van der Waals surface area (Å²) in [5, 5.41) is 10.2. The third-order valence-electron chi connectivity index (χ3n) is 2.98. The van der Waals surface area contributed by atoms with Crippen molar-refractivity contribution in [1.29, 1.82) is 0 Å². The molecular formula is C12H15FO2S. The molecule has 88 valence electrons. The maximum absolute atomic E-state index is 13.9. The number of fused-ring (bicyclic) bond motifs is 1. The van der Waals surface area contributed by atoms with Crippen molar-refractivity contribution in [2.75, 3.05) is 7.11 Å². The molecule has 1 aromatic carbocycles. The van der Waals surface area contributed by atoms with Gasteiger partial charge in [0.2, 0.25) is 0 Å². The maximum atomic E-state index is 13.9. The highest BCUT2D eigenvalue weighted by Crippen LogP contribution is 2.41. The number of thioether (sulfide) groups is 1. The van der Waals surface area contributed by atoms with E-state index in [1.165, 1.54) is 7.11 Å². The Bertz CT molecular complexity index is 395. The van der Waals surface area contributed by atoms with Crippen LogP contribution in [-0.2, 0) is 5.75 Å². The number of rotatable bonds is 2. The molecule has 0 aromatic heterocycles. The van der Waals surface area contributed by atoms with E-state index < -0.39 is 6.10 Å². The Morgan fingerprint density at radius 1 is 1.56 bits per heavy atom. The van der Waals surface area contributed by atoms with Gasteiger partial charge in [-0.2, -0.15) is 11.8 Å². The van der Waals surface area contributed by atoms with Crippen molar-refractivity contribution in [1.82, 2.24) is 0 Å². The molecule has 0 spiro atoms. The Morgan fingerprint density at radius 3 is 2.94 bits per heavy atom. The van der Waals surface area contributed by atoms with Crippen LogP contribution in [0.4, 0.5) is 4.39 Å². The van der Waals surface area contributed by atoms with Crippen LogP contribution >= 0.6 is 11.8 Å². The molecule has 0 radical (unpaired) electrons. The zero-order valence-electron chi connectivity index (χ0n) is 9.37. The van der Waals surface area contributed by atoms with Gasteiger partial charge < -0.3 is 9.84 Å². The second-order valence-corrected chi connectivity index (χ2v) is 5.08. The number of halogens is 1. The van der Waals surface area contributed by atoms with Crippen LogP contribution in [-0.4, -0.2) is 17.5 Å². The summed E-state index contributed by atoms with van der Waals surface area (Å²) in [5.74, 6) is 0.524. The van der Waals surface area contributed by atoms with E-state index in [9.17, 15) is 9.50 Å². The van der Waals surface area contributed by atoms with Gasteiger partial charge in [-0.3, -0.25) is 0 Å². The van der Waals surface area contributed by atoms with Gasteiger partial charge in [0, 0.05) is 16.6 Å². The topological polar surface area (TPSA) is 29.5 Å². The molecular weight excluding hydrogens is 227 g/mol. The molecule has 16 heavy (non-hydrogen) atoms. The van der Waals surface area contributed by atoms with Gasteiger partial charge in [-0.25, -0.2) is 4.39 Å². The third-order valence-corrected chi connectivity index (χ3v) is 4.45. The number of benzene rings is 1. The predicted octanol–water partition coefficient (Wildman–Crippen LogP) is 2.89. The molecule has 1 aliphatic heterocycles. The highest BCUT2D eigenvalue weighted by atomic mass is 32.2. The van der Waals surface area contributed by atoms with Crippen LogP contribution in [0.25, 0.3) is 0 Å². The Kier molecular flexibility index (Phi) is 3.40. The minimum absolute atomic E-state index is 0.167. The van der Waals surface area contributed by atoms with Crippen LogP contribution < -0.4 is 4.74 Å². The Balaban J connectivity index is 2.43. The zero-order valence-corrected chi connectivity index (χ0v) is 10.2. The lowest BCUT2D eigenvalue weighted by Crippen LogP contribution is -2.21. The first-order valence-electron chi connectivity index (χ1n) is 5.34. The number of hydrogen-bond donors (Lipinski definition) is 1. The molecule has 4 heteroatoms. The van der Waals surface area contributed by atoms with Crippen LogP contribution in [0.5, 0.6) is 5.75 Å². The molecule has 1 N–H and O–H groups in total. The molecule has 2 atom stereocenters. The fourth-order valence-electron chi connectivity index (χ4n) is 2.02. The molecule has 0 bridgehead atoms. The molecule has 0 amide bonds. The van der Waals surface area contributed by atoms with Gasteiger partial charge in [-0.1, -0.05) is 13.0 Å². The quantitative estimate of drug-likeness (QED) is 0.864. The van der Waals surface area contributed by atoms with Gasteiger partial charge in [0.1, 0.15) is 0 Å². The van der Waals surface area contributed by atoms with E-state index in [2.05, 4.69) is 0 Å². The smallest absolute Gasteiger partial charge is 0.169 e. The summed E-state index contributed by atoms with van der Waals surface area (Å²) in [6, 6.07) is 3.35. The summed E-state index contributed by atoms with van der Waals surface area (Å²) in [7, 11) is 1.45. The molecule has 1 aromatic rings. The molecule has 1 heterocycles. The molecule has 1 aliphatic rings. The minimum atomic E-state index is -0.570. The number of ether oxygens (including phenoxy) is 1. The number of hydrogen-bond acceptors (Lipinski definition) is 3. The highest BCUT2D eigenvalue weighted by Gasteiger charge is 2.30. The lowest BCUT2D eigenvalue weighted by Gasteiger charge is -2.29. The van der Waals surface area contributed by atoms with Crippen LogP contribution in [0.3, 0.4) is 0 Å². The predicted molar refractivity (Wildman–Crippen MR) is 63.3 cm³/mol. The summed E-state index contributed by atoms with van der Waals surface area (Å²) < 4.78 is 18.8. The summed E-state index contributed by atoms with van der Waals surface area (Å²) in [6.07, 6.45) is 0.318. The van der Waals surface area contributed by atoms with Gasteiger partial charge in [-0.05, 0) is 18.1 Å². The standard InChI is InChI=1S/C12H15FO2S/c1-3-10-12(14)7-4-5-9(15-2)11(13)8(7)6-16-10/h4-5,10,12,14H,3,6H2,1-2H3. The molecule has 0 saturated heterocycles. The Hall–Kier alpha value is -0.740. The normalized spacial score (nSPS) is 24.0. The SMILES string of the molecule is CCC1SCc2c(ccc(OC)c2F)C1O. The van der Waals surface area contributed by atoms with E-state index in [4.69, 9.17) is 4.74 Å². The van der Waals surface area contributed by atoms with Crippen molar-refractivity contribution in [3.05, 3.63) is 29.1 Å². The van der Waals surface area contributed by atoms with Gasteiger partial charge in [0.25, 0.3) is 0 Å². The first kappa shape index (κ1) is 11.7. The second kappa shape index (κ2) is 4.63. The van der Waals surface area contributed by atoms with Gasteiger partial charge in [-0.15, -0.1) is 0 Å². The number of methoxy groups -OCH3 is 1. The van der Waals surface area contributed by atoms with Gasteiger partial charge in [0.05, 0.1) is 13.2 Å². The van der Waals surface area contributed by atoms with E-state index >= 15 is 0 Å². The highest BCUT2D eigenvalue weighted by molar-refractivity contribution is 7.99. The van der Waals surface area contributed by atoms with Crippen LogP contribution in [0.1, 0.15) is 30.6 Å². The average molecular weight is 242 g/mol.